The van der Waals surface area contributed by atoms with Gasteiger partial charge in [0.15, 0.2) is 0 Å². The molecule has 136 valence electrons. The second-order valence-corrected chi connectivity index (χ2v) is 7.95. The van der Waals surface area contributed by atoms with Crippen molar-refractivity contribution in [3.05, 3.63) is 63.7 Å². The largest absolute Gasteiger partial charge is 0.356 e. The minimum absolute atomic E-state index is 0.188. The molecule has 1 aromatic carbocycles. The van der Waals surface area contributed by atoms with Crippen molar-refractivity contribution in [2.24, 2.45) is 5.92 Å². The van der Waals surface area contributed by atoms with Gasteiger partial charge in [0.05, 0.1) is 5.01 Å². The Bertz CT molecular complexity index is 781. The van der Waals surface area contributed by atoms with Gasteiger partial charge in [-0.05, 0) is 43.1 Å². The smallest absolute Gasteiger partial charge is 0.252 e. The molecule has 1 atom stereocenters. The lowest BCUT2D eigenvalue weighted by Gasteiger charge is -2.35. The van der Waals surface area contributed by atoms with Crippen molar-refractivity contribution in [3.63, 3.8) is 0 Å². The molecular weight excluding hydrogens is 346 g/mol. The van der Waals surface area contributed by atoms with Gasteiger partial charge < -0.3 is 15.7 Å². The van der Waals surface area contributed by atoms with Crippen LogP contribution >= 0.6 is 11.3 Å². The number of carbonyl (C=O) groups excluding carboxylic acids is 1. The predicted molar refractivity (Wildman–Crippen MR) is 101 cm³/mol. The first-order valence-electron chi connectivity index (χ1n) is 9.12. The summed E-state index contributed by atoms with van der Waals surface area (Å²) in [5.41, 5.74) is 3.02. The Balaban J connectivity index is 1.53. The summed E-state index contributed by atoms with van der Waals surface area (Å²) < 4.78 is 0. The maximum Gasteiger partial charge on any atom is 0.252 e. The van der Waals surface area contributed by atoms with E-state index in [9.17, 15) is 9.90 Å². The zero-order valence-corrected chi connectivity index (χ0v) is 15.3. The molecule has 1 aliphatic carbocycles. The second-order valence-electron chi connectivity index (χ2n) is 6.97. The molecule has 0 bridgehead atoms. The Morgan fingerprint density at radius 1 is 1.08 bits per heavy atom. The van der Waals surface area contributed by atoms with Gasteiger partial charge in [0.25, 0.3) is 5.91 Å². The summed E-state index contributed by atoms with van der Waals surface area (Å²) in [7, 11) is 0. The standard InChI is InChI=1S/C20H23N3O2S/c24-19-16(12-17-21-10-11-26-17)18(22-20(25)23-19)15-8-6-14(7-9-15)13-4-2-1-3-5-13/h1-5,10-11,14-15,20,22,25H,6-9,12H2,(H,23,24)/t14-,15-,20?. The van der Waals surface area contributed by atoms with Gasteiger partial charge in [0.1, 0.15) is 0 Å². The van der Waals surface area contributed by atoms with Crippen LogP contribution in [0.25, 0.3) is 0 Å². The number of hydrogen-bond donors (Lipinski definition) is 3. The second kappa shape index (κ2) is 7.60. The molecule has 0 spiro atoms. The summed E-state index contributed by atoms with van der Waals surface area (Å²) in [6, 6.07) is 10.7. The Hall–Kier alpha value is -2.18. The van der Waals surface area contributed by atoms with Crippen molar-refractivity contribution < 1.29 is 9.90 Å². The molecule has 1 fully saturated rings. The first-order chi connectivity index (χ1) is 12.7. The summed E-state index contributed by atoms with van der Waals surface area (Å²) in [5.74, 6) is 0.676. The molecule has 1 unspecified atom stereocenters. The Morgan fingerprint density at radius 2 is 1.81 bits per heavy atom. The molecule has 2 aliphatic rings. The van der Waals surface area contributed by atoms with E-state index in [-0.39, 0.29) is 11.8 Å². The van der Waals surface area contributed by atoms with Gasteiger partial charge in [-0.2, -0.15) is 0 Å². The van der Waals surface area contributed by atoms with Crippen LogP contribution in [0.3, 0.4) is 0 Å². The predicted octanol–water partition coefficient (Wildman–Crippen LogP) is 2.91. The van der Waals surface area contributed by atoms with Crippen LogP contribution in [0.15, 0.2) is 53.2 Å². The van der Waals surface area contributed by atoms with Crippen LogP contribution in [-0.4, -0.2) is 22.3 Å². The number of nitrogens with zero attached hydrogens (tertiary/aromatic N) is 1. The van der Waals surface area contributed by atoms with E-state index in [2.05, 4.69) is 45.9 Å². The summed E-state index contributed by atoms with van der Waals surface area (Å²) in [6.45, 7) is 0. The highest BCUT2D eigenvalue weighted by molar-refractivity contribution is 7.09. The average Bonchev–Trinajstić information content (AvgIpc) is 3.18. The third-order valence-electron chi connectivity index (χ3n) is 5.38. The minimum Gasteiger partial charge on any atom is -0.356 e. The van der Waals surface area contributed by atoms with Crippen molar-refractivity contribution in [2.45, 2.75) is 44.4 Å². The third-order valence-corrected chi connectivity index (χ3v) is 6.16. The van der Waals surface area contributed by atoms with Crippen LogP contribution in [0, 0.1) is 5.92 Å². The fraction of sp³-hybridized carbons (Fsp3) is 0.400. The average molecular weight is 369 g/mol. The van der Waals surface area contributed by atoms with Gasteiger partial charge in [0.2, 0.25) is 6.35 Å². The van der Waals surface area contributed by atoms with Crippen LogP contribution in [0.4, 0.5) is 0 Å². The highest BCUT2D eigenvalue weighted by Crippen LogP contribution is 2.39. The number of aromatic nitrogens is 1. The number of amides is 1. The zero-order valence-electron chi connectivity index (χ0n) is 14.5. The normalized spacial score (nSPS) is 26.3. The van der Waals surface area contributed by atoms with Crippen molar-refractivity contribution in [1.82, 2.24) is 15.6 Å². The van der Waals surface area contributed by atoms with E-state index >= 15 is 0 Å². The number of benzene rings is 1. The van der Waals surface area contributed by atoms with Gasteiger partial charge in [0, 0.05) is 29.3 Å². The van der Waals surface area contributed by atoms with Gasteiger partial charge in [-0.15, -0.1) is 11.3 Å². The number of thiazole rings is 1. The first kappa shape index (κ1) is 17.2. The maximum atomic E-state index is 12.5. The lowest BCUT2D eigenvalue weighted by molar-refractivity contribution is -0.122. The van der Waals surface area contributed by atoms with Gasteiger partial charge in [-0.1, -0.05) is 30.3 Å². The summed E-state index contributed by atoms with van der Waals surface area (Å²) >= 11 is 1.55. The van der Waals surface area contributed by atoms with Crippen LogP contribution in [0.1, 0.15) is 42.2 Å². The number of nitrogens with one attached hydrogen (secondary N) is 2. The van der Waals surface area contributed by atoms with Gasteiger partial charge in [-0.25, -0.2) is 4.98 Å². The van der Waals surface area contributed by atoms with Crippen LogP contribution in [0.5, 0.6) is 0 Å². The van der Waals surface area contributed by atoms with Crippen molar-refractivity contribution in [2.75, 3.05) is 0 Å². The SMILES string of the molecule is O=C1NC(O)NC([C@H]2CC[C@H](c3ccccc3)CC2)=C1Cc1nccs1. The molecule has 5 nitrogen and oxygen atoms in total. The number of aliphatic hydroxyl groups is 1. The van der Waals surface area contributed by atoms with E-state index in [0.717, 1.165) is 36.4 Å². The molecule has 1 aromatic heterocycles. The fourth-order valence-electron chi connectivity index (χ4n) is 4.08. The lowest BCUT2D eigenvalue weighted by Crippen LogP contribution is -2.52. The van der Waals surface area contributed by atoms with Gasteiger partial charge in [-0.3, -0.25) is 4.79 Å². The molecule has 1 aliphatic heterocycles. The van der Waals surface area contributed by atoms with Crippen molar-refractivity contribution in [1.29, 1.82) is 0 Å². The van der Waals surface area contributed by atoms with Gasteiger partial charge >= 0.3 is 0 Å². The van der Waals surface area contributed by atoms with E-state index < -0.39 is 6.35 Å². The zero-order chi connectivity index (χ0) is 17.9. The Kier molecular flexibility index (Phi) is 5.04. The summed E-state index contributed by atoms with van der Waals surface area (Å²) in [5, 5.41) is 18.5. The number of allylic oxidation sites excluding steroid dienone is 1. The molecule has 26 heavy (non-hydrogen) atoms. The molecular formula is C20H23N3O2S. The molecule has 3 N–H and O–H groups in total. The van der Waals surface area contributed by atoms with Crippen LogP contribution in [-0.2, 0) is 11.2 Å². The van der Waals surface area contributed by atoms with E-state index in [1.807, 2.05) is 5.38 Å². The number of aliphatic hydroxyl groups excluding tert-OH is 1. The topological polar surface area (TPSA) is 74.2 Å². The fourth-order valence-corrected chi connectivity index (χ4v) is 4.70. The molecule has 0 saturated heterocycles. The Labute approximate surface area is 157 Å². The highest BCUT2D eigenvalue weighted by atomic mass is 32.1. The highest BCUT2D eigenvalue weighted by Gasteiger charge is 2.32. The van der Waals surface area contributed by atoms with E-state index in [1.165, 1.54) is 5.56 Å². The minimum atomic E-state index is -1.01. The number of hydrogen-bond acceptors (Lipinski definition) is 5. The lowest BCUT2D eigenvalue weighted by atomic mass is 9.76. The van der Waals surface area contributed by atoms with Crippen molar-refractivity contribution >= 4 is 17.2 Å². The molecule has 6 heteroatoms. The van der Waals surface area contributed by atoms with Crippen LogP contribution in [0.2, 0.25) is 0 Å². The number of carbonyl (C=O) groups is 1. The van der Waals surface area contributed by atoms with E-state index in [0.29, 0.717) is 17.9 Å². The quantitative estimate of drug-likeness (QED) is 0.775. The van der Waals surface area contributed by atoms with E-state index in [1.54, 1.807) is 17.5 Å². The molecule has 1 amide bonds. The van der Waals surface area contributed by atoms with Crippen molar-refractivity contribution in [3.8, 4) is 0 Å². The molecule has 2 heterocycles. The third kappa shape index (κ3) is 3.66. The molecule has 4 rings (SSSR count). The molecule has 1 saturated carbocycles. The molecule has 2 aromatic rings. The Morgan fingerprint density at radius 3 is 2.50 bits per heavy atom. The maximum absolute atomic E-state index is 12.5. The molecule has 0 radical (unpaired) electrons. The first-order valence-corrected chi connectivity index (χ1v) is 10.0. The summed E-state index contributed by atoms with van der Waals surface area (Å²) in [6.07, 6.45) is 5.49. The number of rotatable bonds is 4. The monoisotopic (exact) mass is 369 g/mol. The van der Waals surface area contributed by atoms with Crippen LogP contribution < -0.4 is 10.6 Å². The summed E-state index contributed by atoms with van der Waals surface area (Å²) in [4.78, 5) is 16.8. The van der Waals surface area contributed by atoms with E-state index in [4.69, 9.17) is 0 Å².